The van der Waals surface area contributed by atoms with E-state index in [4.69, 9.17) is 5.73 Å². The van der Waals surface area contributed by atoms with Gasteiger partial charge in [0.15, 0.2) is 0 Å². The van der Waals surface area contributed by atoms with Crippen LogP contribution in [0.25, 0.3) is 0 Å². The first kappa shape index (κ1) is 15.4. The van der Waals surface area contributed by atoms with E-state index in [2.05, 4.69) is 18.3 Å². The highest BCUT2D eigenvalue weighted by Crippen LogP contribution is 2.24. The van der Waals surface area contributed by atoms with Crippen molar-refractivity contribution in [2.24, 2.45) is 0 Å². The molecule has 4 heteroatoms. The summed E-state index contributed by atoms with van der Waals surface area (Å²) in [6.07, 6.45) is 0. The summed E-state index contributed by atoms with van der Waals surface area (Å²) >= 11 is 1.46. The maximum atomic E-state index is 12.0. The highest BCUT2D eigenvalue weighted by molar-refractivity contribution is 8.00. The Labute approximate surface area is 129 Å². The van der Waals surface area contributed by atoms with Crippen molar-refractivity contribution in [2.45, 2.75) is 24.8 Å². The molecule has 21 heavy (non-hydrogen) atoms. The number of nitrogen functional groups attached to an aromatic ring is 1. The minimum Gasteiger partial charge on any atom is -0.398 e. The van der Waals surface area contributed by atoms with Crippen LogP contribution >= 0.6 is 11.8 Å². The third-order valence-electron chi connectivity index (χ3n) is 3.31. The third kappa shape index (κ3) is 4.26. The molecule has 0 heterocycles. The Hall–Kier alpha value is -1.94. The SMILES string of the molecule is Cc1ccccc1C(C)NC(=O)CSc1ccccc1N. The molecule has 0 aliphatic rings. The molecule has 0 radical (unpaired) electrons. The number of carbonyl (C=O) groups excluding carboxylic acids is 1. The first-order valence-electron chi connectivity index (χ1n) is 6.90. The molecule has 1 unspecified atom stereocenters. The predicted molar refractivity (Wildman–Crippen MR) is 89.3 cm³/mol. The number of para-hydroxylation sites is 1. The molecule has 3 nitrogen and oxygen atoms in total. The van der Waals surface area contributed by atoms with Gasteiger partial charge in [0.1, 0.15) is 0 Å². The smallest absolute Gasteiger partial charge is 0.230 e. The normalized spacial score (nSPS) is 11.9. The van der Waals surface area contributed by atoms with Crippen molar-refractivity contribution in [3.63, 3.8) is 0 Å². The summed E-state index contributed by atoms with van der Waals surface area (Å²) in [5.74, 6) is 0.378. The highest BCUT2D eigenvalue weighted by atomic mass is 32.2. The quantitative estimate of drug-likeness (QED) is 0.656. The van der Waals surface area contributed by atoms with Crippen LogP contribution in [0.2, 0.25) is 0 Å². The molecule has 0 bridgehead atoms. The summed E-state index contributed by atoms with van der Waals surface area (Å²) in [6, 6.07) is 15.7. The van der Waals surface area contributed by atoms with Gasteiger partial charge < -0.3 is 11.1 Å². The zero-order valence-electron chi connectivity index (χ0n) is 12.3. The van der Waals surface area contributed by atoms with Crippen molar-refractivity contribution >= 4 is 23.4 Å². The van der Waals surface area contributed by atoms with Gasteiger partial charge in [0.2, 0.25) is 5.91 Å². The van der Waals surface area contributed by atoms with Gasteiger partial charge in [-0.15, -0.1) is 11.8 Å². The summed E-state index contributed by atoms with van der Waals surface area (Å²) < 4.78 is 0. The molecule has 0 aliphatic heterocycles. The Morgan fingerprint density at radius 2 is 1.86 bits per heavy atom. The number of hydrogen-bond acceptors (Lipinski definition) is 3. The first-order chi connectivity index (χ1) is 10.1. The second-order valence-corrected chi connectivity index (χ2v) is 5.99. The second kappa shape index (κ2) is 7.18. The minimum atomic E-state index is 0.00687. The van der Waals surface area contributed by atoms with Gasteiger partial charge in [-0.3, -0.25) is 4.79 Å². The van der Waals surface area contributed by atoms with Gasteiger partial charge in [0, 0.05) is 10.6 Å². The zero-order valence-corrected chi connectivity index (χ0v) is 13.1. The van der Waals surface area contributed by atoms with Crippen molar-refractivity contribution in [1.29, 1.82) is 0 Å². The number of aryl methyl sites for hydroxylation is 1. The fourth-order valence-corrected chi connectivity index (χ4v) is 2.97. The van der Waals surface area contributed by atoms with Gasteiger partial charge in [-0.25, -0.2) is 0 Å². The van der Waals surface area contributed by atoms with Crippen molar-refractivity contribution in [1.82, 2.24) is 5.32 Å². The van der Waals surface area contributed by atoms with Gasteiger partial charge in [-0.05, 0) is 37.1 Å². The molecule has 0 saturated heterocycles. The fourth-order valence-electron chi connectivity index (χ4n) is 2.19. The van der Waals surface area contributed by atoms with E-state index in [-0.39, 0.29) is 11.9 Å². The highest BCUT2D eigenvalue weighted by Gasteiger charge is 2.11. The number of benzene rings is 2. The molecule has 110 valence electrons. The van der Waals surface area contributed by atoms with E-state index in [1.165, 1.54) is 17.3 Å². The molecular weight excluding hydrogens is 280 g/mol. The molecule has 0 spiro atoms. The van der Waals surface area contributed by atoms with E-state index in [0.29, 0.717) is 11.4 Å². The van der Waals surface area contributed by atoms with E-state index in [1.807, 2.05) is 49.4 Å². The van der Waals surface area contributed by atoms with Crippen LogP contribution in [-0.2, 0) is 4.79 Å². The van der Waals surface area contributed by atoms with Crippen LogP contribution in [0.15, 0.2) is 53.4 Å². The van der Waals surface area contributed by atoms with Crippen LogP contribution in [0.4, 0.5) is 5.69 Å². The Morgan fingerprint density at radius 3 is 2.57 bits per heavy atom. The van der Waals surface area contributed by atoms with Crippen LogP contribution in [-0.4, -0.2) is 11.7 Å². The van der Waals surface area contributed by atoms with E-state index in [0.717, 1.165) is 10.5 Å². The molecule has 1 atom stereocenters. The Kier molecular flexibility index (Phi) is 5.28. The van der Waals surface area contributed by atoms with Gasteiger partial charge in [0.25, 0.3) is 0 Å². The van der Waals surface area contributed by atoms with Crippen LogP contribution < -0.4 is 11.1 Å². The lowest BCUT2D eigenvalue weighted by atomic mass is 10.0. The lowest BCUT2D eigenvalue weighted by Gasteiger charge is -2.16. The van der Waals surface area contributed by atoms with Crippen molar-refractivity contribution in [3.8, 4) is 0 Å². The molecule has 1 amide bonds. The van der Waals surface area contributed by atoms with Gasteiger partial charge in [-0.2, -0.15) is 0 Å². The summed E-state index contributed by atoms with van der Waals surface area (Å²) in [5.41, 5.74) is 8.91. The van der Waals surface area contributed by atoms with Gasteiger partial charge in [0.05, 0.1) is 11.8 Å². The molecule has 2 rings (SSSR count). The number of anilines is 1. The number of amides is 1. The molecule has 0 aromatic heterocycles. The summed E-state index contributed by atoms with van der Waals surface area (Å²) in [5, 5.41) is 3.03. The van der Waals surface area contributed by atoms with Crippen LogP contribution in [0.5, 0.6) is 0 Å². The number of nitrogens with two attached hydrogens (primary N) is 1. The summed E-state index contributed by atoms with van der Waals surface area (Å²) in [6.45, 7) is 4.05. The van der Waals surface area contributed by atoms with E-state index in [9.17, 15) is 4.79 Å². The van der Waals surface area contributed by atoms with Gasteiger partial charge in [-0.1, -0.05) is 36.4 Å². The standard InChI is InChI=1S/C17H20N2OS/c1-12-7-3-4-8-14(12)13(2)19-17(20)11-21-16-10-6-5-9-15(16)18/h3-10,13H,11,18H2,1-2H3,(H,19,20). The van der Waals surface area contributed by atoms with Crippen molar-refractivity contribution in [3.05, 3.63) is 59.7 Å². The average molecular weight is 300 g/mol. The Balaban J connectivity index is 1.90. The first-order valence-corrected chi connectivity index (χ1v) is 7.88. The molecule has 0 saturated carbocycles. The maximum Gasteiger partial charge on any atom is 0.230 e. The summed E-state index contributed by atoms with van der Waals surface area (Å²) in [4.78, 5) is 13.0. The Morgan fingerprint density at radius 1 is 1.19 bits per heavy atom. The molecular formula is C17H20N2OS. The van der Waals surface area contributed by atoms with Crippen molar-refractivity contribution < 1.29 is 4.79 Å². The van der Waals surface area contributed by atoms with Crippen LogP contribution in [0.3, 0.4) is 0 Å². The molecule has 2 aromatic carbocycles. The molecule has 0 aliphatic carbocycles. The zero-order chi connectivity index (χ0) is 15.2. The topological polar surface area (TPSA) is 55.1 Å². The monoisotopic (exact) mass is 300 g/mol. The lowest BCUT2D eigenvalue weighted by Crippen LogP contribution is -2.28. The molecule has 0 fully saturated rings. The second-order valence-electron chi connectivity index (χ2n) is 4.97. The van der Waals surface area contributed by atoms with Crippen LogP contribution in [0.1, 0.15) is 24.1 Å². The van der Waals surface area contributed by atoms with E-state index < -0.39 is 0 Å². The number of thioether (sulfide) groups is 1. The minimum absolute atomic E-state index is 0.00687. The number of hydrogen-bond donors (Lipinski definition) is 2. The molecule has 3 N–H and O–H groups in total. The third-order valence-corrected chi connectivity index (χ3v) is 4.40. The van der Waals surface area contributed by atoms with Crippen LogP contribution in [0, 0.1) is 6.92 Å². The summed E-state index contributed by atoms with van der Waals surface area (Å²) in [7, 11) is 0. The largest absolute Gasteiger partial charge is 0.398 e. The van der Waals surface area contributed by atoms with Crippen molar-refractivity contribution in [2.75, 3.05) is 11.5 Å². The number of carbonyl (C=O) groups is 1. The predicted octanol–water partition coefficient (Wildman–Crippen LogP) is 3.55. The fraction of sp³-hybridized carbons (Fsp3) is 0.235. The average Bonchev–Trinajstić information content (AvgIpc) is 2.46. The number of nitrogens with one attached hydrogen (secondary N) is 1. The Bertz CT molecular complexity index is 628. The van der Waals surface area contributed by atoms with E-state index in [1.54, 1.807) is 0 Å². The maximum absolute atomic E-state index is 12.0. The lowest BCUT2D eigenvalue weighted by molar-refractivity contribution is -0.119. The molecule has 2 aromatic rings. The van der Waals surface area contributed by atoms with E-state index >= 15 is 0 Å². The number of rotatable bonds is 5. The van der Waals surface area contributed by atoms with Gasteiger partial charge >= 0.3 is 0 Å².